The fourth-order valence-corrected chi connectivity index (χ4v) is 3.72. The number of hydrogen-bond acceptors (Lipinski definition) is 3. The molecule has 1 N–H and O–H groups in total. The van der Waals surface area contributed by atoms with Crippen LogP contribution in [0.3, 0.4) is 0 Å². The number of amides is 1. The Balaban J connectivity index is 1.69. The molecule has 8 heteroatoms. The molecule has 0 fully saturated rings. The van der Waals surface area contributed by atoms with Crippen LogP contribution in [0, 0.1) is 0 Å². The Morgan fingerprint density at radius 1 is 0.917 bits per heavy atom. The number of alkyl halides is 3. The number of aliphatic carboxylic acids is 1. The van der Waals surface area contributed by atoms with Crippen LogP contribution in [0.25, 0.3) is 11.1 Å². The van der Waals surface area contributed by atoms with Crippen molar-refractivity contribution in [3.8, 4) is 16.9 Å². The first-order valence-corrected chi connectivity index (χ1v) is 11.6. The molecule has 3 rings (SSSR count). The smallest absolute Gasteiger partial charge is 0.416 e. The summed E-state index contributed by atoms with van der Waals surface area (Å²) < 4.78 is 44.6. The number of benzene rings is 3. The van der Waals surface area contributed by atoms with Gasteiger partial charge >= 0.3 is 12.1 Å². The topological polar surface area (TPSA) is 66.8 Å². The van der Waals surface area contributed by atoms with Crippen LogP contribution in [0.15, 0.2) is 72.8 Å². The molecule has 3 aromatic carbocycles. The van der Waals surface area contributed by atoms with Crippen LogP contribution in [0.4, 0.5) is 13.2 Å². The third-order valence-corrected chi connectivity index (χ3v) is 5.77. The number of carbonyl (C=O) groups excluding carboxylic acids is 1. The second-order valence-electron chi connectivity index (χ2n) is 8.49. The molecule has 0 aliphatic carbocycles. The van der Waals surface area contributed by atoms with E-state index in [2.05, 4.69) is 0 Å². The van der Waals surface area contributed by atoms with E-state index in [9.17, 15) is 22.8 Å². The SMILES string of the molecule is CCCC(Oc1ccc(C(=O)N(C)CCC(=O)O)cc1)c1ccc(-c2ccc(C(F)(F)F)cc2)cc1. The van der Waals surface area contributed by atoms with E-state index < -0.39 is 17.7 Å². The van der Waals surface area contributed by atoms with Crippen LogP contribution in [0.5, 0.6) is 5.75 Å². The van der Waals surface area contributed by atoms with Gasteiger partial charge in [0.2, 0.25) is 0 Å². The van der Waals surface area contributed by atoms with Crippen LogP contribution in [0.1, 0.15) is 53.8 Å². The summed E-state index contributed by atoms with van der Waals surface area (Å²) in [5.74, 6) is -0.649. The molecule has 0 saturated heterocycles. The van der Waals surface area contributed by atoms with Crippen molar-refractivity contribution in [1.82, 2.24) is 4.90 Å². The van der Waals surface area contributed by atoms with Gasteiger partial charge in [-0.1, -0.05) is 49.7 Å². The Kier molecular flexibility index (Phi) is 8.74. The molecular weight excluding hydrogens is 471 g/mol. The Hall–Kier alpha value is -3.81. The summed E-state index contributed by atoms with van der Waals surface area (Å²) in [6.45, 7) is 2.16. The van der Waals surface area contributed by atoms with Gasteiger partial charge in [-0.25, -0.2) is 0 Å². The summed E-state index contributed by atoms with van der Waals surface area (Å²) in [7, 11) is 1.56. The molecule has 36 heavy (non-hydrogen) atoms. The number of nitrogens with zero attached hydrogens (tertiary/aromatic N) is 1. The van der Waals surface area contributed by atoms with Gasteiger partial charge in [-0.15, -0.1) is 0 Å². The number of rotatable bonds is 10. The number of hydrogen-bond donors (Lipinski definition) is 1. The molecule has 1 amide bonds. The zero-order chi connectivity index (χ0) is 26.3. The van der Waals surface area contributed by atoms with Crippen LogP contribution in [0.2, 0.25) is 0 Å². The molecular formula is C28H28F3NO4. The van der Waals surface area contributed by atoms with E-state index in [1.807, 2.05) is 31.2 Å². The van der Waals surface area contributed by atoms with Crippen molar-refractivity contribution in [3.05, 3.63) is 89.5 Å². The zero-order valence-corrected chi connectivity index (χ0v) is 20.1. The fourth-order valence-electron chi connectivity index (χ4n) is 3.72. The summed E-state index contributed by atoms with van der Waals surface area (Å²) in [5.41, 5.74) is 2.18. The Morgan fingerprint density at radius 2 is 1.47 bits per heavy atom. The van der Waals surface area contributed by atoms with Gasteiger partial charge in [0.05, 0.1) is 12.0 Å². The van der Waals surface area contributed by atoms with Crippen molar-refractivity contribution in [3.63, 3.8) is 0 Å². The average molecular weight is 500 g/mol. The predicted molar refractivity (Wildman–Crippen MR) is 131 cm³/mol. The molecule has 0 aromatic heterocycles. The van der Waals surface area contributed by atoms with E-state index in [0.29, 0.717) is 16.9 Å². The first-order chi connectivity index (χ1) is 17.1. The van der Waals surface area contributed by atoms with Gasteiger partial charge < -0.3 is 14.7 Å². The molecule has 190 valence electrons. The monoisotopic (exact) mass is 499 g/mol. The lowest BCUT2D eigenvalue weighted by Crippen LogP contribution is -2.28. The minimum Gasteiger partial charge on any atom is -0.486 e. The first kappa shape index (κ1) is 26.8. The molecule has 0 aliphatic rings. The van der Waals surface area contributed by atoms with Crippen molar-refractivity contribution in [2.45, 2.75) is 38.5 Å². The minimum absolute atomic E-state index is 0.119. The van der Waals surface area contributed by atoms with E-state index in [-0.39, 0.29) is 25.0 Å². The normalized spacial score (nSPS) is 12.1. The third kappa shape index (κ3) is 7.10. The molecule has 1 atom stereocenters. The standard InChI is InChI=1S/C28H28F3NO4/c1-3-4-25(36-24-15-11-22(12-16-24)27(35)32(2)18-17-26(33)34)21-7-5-19(6-8-21)20-9-13-23(14-10-20)28(29,30)31/h5-16,25H,3-4,17-18H2,1-2H3,(H,33,34). The number of carboxylic acids is 1. The second kappa shape index (κ2) is 11.7. The van der Waals surface area contributed by atoms with Crippen molar-refractivity contribution in [2.75, 3.05) is 13.6 Å². The molecule has 1 unspecified atom stereocenters. The summed E-state index contributed by atoms with van der Waals surface area (Å²) in [4.78, 5) is 24.6. The van der Waals surface area contributed by atoms with Gasteiger partial charge in [-0.05, 0) is 59.5 Å². The van der Waals surface area contributed by atoms with Crippen LogP contribution in [-0.2, 0) is 11.0 Å². The van der Waals surface area contributed by atoms with Gasteiger partial charge in [-0.3, -0.25) is 9.59 Å². The molecule has 0 aliphatic heterocycles. The lowest BCUT2D eigenvalue weighted by molar-refractivity contribution is -0.138. The molecule has 0 saturated carbocycles. The van der Waals surface area contributed by atoms with E-state index in [1.54, 1.807) is 31.3 Å². The summed E-state index contributed by atoms with van der Waals surface area (Å²) in [6.07, 6.45) is -3.11. The third-order valence-electron chi connectivity index (χ3n) is 5.77. The Morgan fingerprint density at radius 3 is 1.97 bits per heavy atom. The fraction of sp³-hybridized carbons (Fsp3) is 0.286. The highest BCUT2D eigenvalue weighted by Gasteiger charge is 2.30. The highest BCUT2D eigenvalue weighted by atomic mass is 19.4. The van der Waals surface area contributed by atoms with E-state index >= 15 is 0 Å². The maximum atomic E-state index is 12.8. The van der Waals surface area contributed by atoms with Gasteiger partial charge in [0.15, 0.2) is 0 Å². The van der Waals surface area contributed by atoms with E-state index in [1.165, 1.54) is 17.0 Å². The maximum Gasteiger partial charge on any atom is 0.416 e. The largest absolute Gasteiger partial charge is 0.486 e. The molecule has 3 aromatic rings. The summed E-state index contributed by atoms with van der Waals surface area (Å²) in [5, 5.41) is 8.79. The molecule has 0 bridgehead atoms. The van der Waals surface area contributed by atoms with Crippen molar-refractivity contribution in [1.29, 1.82) is 0 Å². The molecule has 0 spiro atoms. The predicted octanol–water partition coefficient (Wildman–Crippen LogP) is 6.84. The molecule has 5 nitrogen and oxygen atoms in total. The number of carbonyl (C=O) groups is 2. The number of halogens is 3. The van der Waals surface area contributed by atoms with Crippen LogP contribution >= 0.6 is 0 Å². The highest BCUT2D eigenvalue weighted by molar-refractivity contribution is 5.94. The maximum absolute atomic E-state index is 12.8. The first-order valence-electron chi connectivity index (χ1n) is 11.6. The Bertz CT molecular complexity index is 1160. The Labute approximate surface area is 208 Å². The number of ether oxygens (including phenoxy) is 1. The average Bonchev–Trinajstić information content (AvgIpc) is 2.86. The zero-order valence-electron chi connectivity index (χ0n) is 20.1. The van der Waals surface area contributed by atoms with Crippen molar-refractivity contribution in [2.24, 2.45) is 0 Å². The highest BCUT2D eigenvalue weighted by Crippen LogP contribution is 2.32. The minimum atomic E-state index is -4.37. The van der Waals surface area contributed by atoms with Gasteiger partial charge in [0.1, 0.15) is 11.9 Å². The molecule has 0 radical (unpaired) electrons. The lowest BCUT2D eigenvalue weighted by atomic mass is 9.99. The number of carboxylic acid groups (broad SMARTS) is 1. The van der Waals surface area contributed by atoms with Gasteiger partial charge in [0, 0.05) is 19.2 Å². The molecule has 0 heterocycles. The summed E-state index contributed by atoms with van der Waals surface area (Å²) in [6, 6.07) is 19.3. The van der Waals surface area contributed by atoms with E-state index in [4.69, 9.17) is 9.84 Å². The van der Waals surface area contributed by atoms with Crippen molar-refractivity contribution >= 4 is 11.9 Å². The second-order valence-corrected chi connectivity index (χ2v) is 8.49. The van der Waals surface area contributed by atoms with Crippen LogP contribution < -0.4 is 4.74 Å². The quantitative estimate of drug-likeness (QED) is 0.332. The lowest BCUT2D eigenvalue weighted by Gasteiger charge is -2.20. The van der Waals surface area contributed by atoms with Gasteiger partial charge in [-0.2, -0.15) is 13.2 Å². The van der Waals surface area contributed by atoms with Crippen LogP contribution in [-0.4, -0.2) is 35.5 Å². The summed E-state index contributed by atoms with van der Waals surface area (Å²) >= 11 is 0. The van der Waals surface area contributed by atoms with Gasteiger partial charge in [0.25, 0.3) is 5.91 Å². The van der Waals surface area contributed by atoms with E-state index in [0.717, 1.165) is 36.1 Å². The van der Waals surface area contributed by atoms with Crippen molar-refractivity contribution < 1.29 is 32.6 Å².